The molecule has 4 rings (SSSR count). The summed E-state index contributed by atoms with van der Waals surface area (Å²) in [7, 11) is 0. The number of ketones is 1. The van der Waals surface area contributed by atoms with Crippen molar-refractivity contribution >= 4 is 5.78 Å². The molecule has 3 heteroatoms. The van der Waals surface area contributed by atoms with E-state index in [2.05, 4.69) is 19.9 Å². The summed E-state index contributed by atoms with van der Waals surface area (Å²) in [4.78, 5) is 12.5. The van der Waals surface area contributed by atoms with Gasteiger partial charge in [0.05, 0.1) is 0 Å². The van der Waals surface area contributed by atoms with Crippen molar-refractivity contribution in [2.45, 2.75) is 71.5 Å². The average molecular weight is 318 g/mol. The molecule has 3 nitrogen and oxygen atoms in total. The van der Waals surface area contributed by atoms with Gasteiger partial charge in [-0.2, -0.15) is 0 Å². The second-order valence-corrected chi connectivity index (χ2v) is 8.88. The molecule has 23 heavy (non-hydrogen) atoms. The van der Waals surface area contributed by atoms with Crippen LogP contribution in [0.4, 0.5) is 0 Å². The highest BCUT2D eigenvalue weighted by atomic mass is 16.5. The SMILES string of the molecule is CC1C=C2CCCC[C@]2(C(O)O)[C@@H]2CC[C@]3(C)C(=O)CC[C@H]3[C@H]12. The molecular weight excluding hydrogens is 288 g/mol. The Kier molecular flexibility index (Phi) is 3.55. The summed E-state index contributed by atoms with van der Waals surface area (Å²) < 4.78 is 0. The van der Waals surface area contributed by atoms with Gasteiger partial charge in [0.25, 0.3) is 0 Å². The van der Waals surface area contributed by atoms with Gasteiger partial charge in [-0.25, -0.2) is 0 Å². The highest BCUT2D eigenvalue weighted by Gasteiger charge is 2.62. The Morgan fingerprint density at radius 1 is 1.13 bits per heavy atom. The standard InChI is InChI=1S/C20H30O3/c1-12-11-13-5-3-4-9-20(13,18(22)23)15-8-10-19(2)14(17(12)15)6-7-16(19)21/h11-12,14-15,17-18,22-23H,3-10H2,1-2H3/t12?,14-,15+,17-,19-,20+/m0/s1. The summed E-state index contributed by atoms with van der Waals surface area (Å²) in [5.74, 6) is 2.10. The van der Waals surface area contributed by atoms with E-state index in [1.54, 1.807) is 0 Å². The molecule has 0 spiro atoms. The van der Waals surface area contributed by atoms with E-state index in [9.17, 15) is 15.0 Å². The third-order valence-electron chi connectivity index (χ3n) is 8.12. The predicted molar refractivity (Wildman–Crippen MR) is 88.4 cm³/mol. The Balaban J connectivity index is 1.80. The molecule has 0 bridgehead atoms. The van der Waals surface area contributed by atoms with Crippen molar-refractivity contribution in [3.05, 3.63) is 11.6 Å². The van der Waals surface area contributed by atoms with E-state index >= 15 is 0 Å². The average Bonchev–Trinajstić information content (AvgIpc) is 2.82. The maximum Gasteiger partial charge on any atom is 0.161 e. The molecule has 2 N–H and O–H groups in total. The summed E-state index contributed by atoms with van der Waals surface area (Å²) >= 11 is 0. The lowest BCUT2D eigenvalue weighted by Gasteiger charge is -2.59. The van der Waals surface area contributed by atoms with Crippen LogP contribution in [0.25, 0.3) is 0 Å². The molecule has 0 radical (unpaired) electrons. The molecule has 0 aromatic carbocycles. The number of aliphatic hydroxyl groups excluding tert-OH is 1. The van der Waals surface area contributed by atoms with E-state index in [4.69, 9.17) is 0 Å². The first-order chi connectivity index (χ1) is 10.9. The Morgan fingerprint density at radius 2 is 1.91 bits per heavy atom. The first kappa shape index (κ1) is 15.8. The molecule has 4 aliphatic rings. The molecule has 3 saturated carbocycles. The fourth-order valence-electron chi connectivity index (χ4n) is 7.00. The van der Waals surface area contributed by atoms with Gasteiger partial charge < -0.3 is 10.2 Å². The molecule has 0 heterocycles. The van der Waals surface area contributed by atoms with Crippen molar-refractivity contribution in [1.29, 1.82) is 0 Å². The zero-order valence-electron chi connectivity index (χ0n) is 14.4. The van der Waals surface area contributed by atoms with E-state index in [1.807, 2.05) is 0 Å². The maximum atomic E-state index is 12.5. The minimum atomic E-state index is -1.25. The third kappa shape index (κ3) is 1.93. The lowest BCUT2D eigenvalue weighted by molar-refractivity contribution is -0.185. The van der Waals surface area contributed by atoms with Gasteiger partial charge in [0.15, 0.2) is 6.29 Å². The molecule has 0 saturated heterocycles. The van der Waals surface area contributed by atoms with E-state index in [1.165, 1.54) is 12.0 Å². The molecule has 3 fully saturated rings. The monoisotopic (exact) mass is 318 g/mol. The normalized spacial score (nSPS) is 49.4. The largest absolute Gasteiger partial charge is 0.367 e. The van der Waals surface area contributed by atoms with E-state index in [0.29, 0.717) is 29.5 Å². The van der Waals surface area contributed by atoms with Crippen LogP contribution >= 0.6 is 0 Å². The van der Waals surface area contributed by atoms with Crippen LogP contribution in [0.3, 0.4) is 0 Å². The van der Waals surface area contributed by atoms with Crippen molar-refractivity contribution in [1.82, 2.24) is 0 Å². The maximum absolute atomic E-state index is 12.5. The highest BCUT2D eigenvalue weighted by Crippen LogP contribution is 2.65. The Hall–Kier alpha value is -0.670. The summed E-state index contributed by atoms with van der Waals surface area (Å²) in [5.41, 5.74) is 0.722. The van der Waals surface area contributed by atoms with Crippen LogP contribution in [0.2, 0.25) is 0 Å². The summed E-state index contributed by atoms with van der Waals surface area (Å²) in [6, 6.07) is 0. The van der Waals surface area contributed by atoms with Crippen molar-refractivity contribution in [2.75, 3.05) is 0 Å². The molecule has 1 unspecified atom stereocenters. The lowest BCUT2D eigenvalue weighted by atomic mass is 9.45. The highest BCUT2D eigenvalue weighted by molar-refractivity contribution is 5.87. The number of carbonyl (C=O) groups is 1. The van der Waals surface area contributed by atoms with Crippen molar-refractivity contribution in [2.24, 2.45) is 34.5 Å². The predicted octanol–water partition coefficient (Wildman–Crippen LogP) is 3.45. The summed E-state index contributed by atoms with van der Waals surface area (Å²) in [5, 5.41) is 20.8. The lowest BCUT2D eigenvalue weighted by Crippen LogP contribution is -2.56. The van der Waals surface area contributed by atoms with Crippen LogP contribution < -0.4 is 0 Å². The van der Waals surface area contributed by atoms with Crippen LogP contribution in [0.5, 0.6) is 0 Å². The molecular formula is C20H30O3. The second kappa shape index (κ2) is 5.16. The quantitative estimate of drug-likeness (QED) is 0.575. The van der Waals surface area contributed by atoms with Crippen LogP contribution in [0.15, 0.2) is 11.6 Å². The van der Waals surface area contributed by atoms with Crippen LogP contribution in [-0.4, -0.2) is 22.3 Å². The molecule has 0 aromatic heterocycles. The van der Waals surface area contributed by atoms with Gasteiger partial charge in [-0.3, -0.25) is 4.79 Å². The molecule has 0 amide bonds. The summed E-state index contributed by atoms with van der Waals surface area (Å²) in [6.45, 7) is 4.47. The van der Waals surface area contributed by atoms with Gasteiger partial charge in [-0.1, -0.05) is 31.9 Å². The summed E-state index contributed by atoms with van der Waals surface area (Å²) in [6.07, 6.45) is 8.92. The van der Waals surface area contributed by atoms with Crippen molar-refractivity contribution in [3.63, 3.8) is 0 Å². The van der Waals surface area contributed by atoms with Crippen molar-refractivity contribution in [3.8, 4) is 0 Å². The van der Waals surface area contributed by atoms with E-state index in [-0.39, 0.29) is 5.41 Å². The number of Topliss-reactive ketones (excluding diaryl/α,β-unsaturated/α-hetero) is 1. The van der Waals surface area contributed by atoms with Gasteiger partial charge in [-0.15, -0.1) is 0 Å². The molecule has 128 valence electrons. The zero-order valence-corrected chi connectivity index (χ0v) is 14.4. The first-order valence-electron chi connectivity index (χ1n) is 9.52. The van der Waals surface area contributed by atoms with Crippen LogP contribution in [-0.2, 0) is 4.79 Å². The molecule has 0 aromatic rings. The topological polar surface area (TPSA) is 57.5 Å². The number of fused-ring (bicyclic) bond motifs is 5. The number of carbonyl (C=O) groups excluding carboxylic acids is 1. The molecule has 6 atom stereocenters. The van der Waals surface area contributed by atoms with E-state index in [0.717, 1.165) is 44.9 Å². The fraction of sp³-hybridized carbons (Fsp3) is 0.850. The Labute approximate surface area is 139 Å². The Morgan fingerprint density at radius 3 is 2.65 bits per heavy atom. The van der Waals surface area contributed by atoms with Crippen molar-refractivity contribution < 1.29 is 15.0 Å². The number of aliphatic hydroxyl groups is 2. The minimum Gasteiger partial charge on any atom is -0.367 e. The van der Waals surface area contributed by atoms with Gasteiger partial charge >= 0.3 is 0 Å². The van der Waals surface area contributed by atoms with Gasteiger partial charge in [0.1, 0.15) is 5.78 Å². The molecule has 4 aliphatic carbocycles. The number of allylic oxidation sites excluding steroid dienone is 1. The van der Waals surface area contributed by atoms with E-state index < -0.39 is 11.7 Å². The van der Waals surface area contributed by atoms with Crippen LogP contribution in [0.1, 0.15) is 65.2 Å². The molecule has 0 aliphatic heterocycles. The minimum absolute atomic E-state index is 0.156. The van der Waals surface area contributed by atoms with Gasteiger partial charge in [0, 0.05) is 17.3 Å². The number of hydrogen-bond donors (Lipinski definition) is 2. The Bertz CT molecular complexity index is 551. The van der Waals surface area contributed by atoms with Gasteiger partial charge in [0.2, 0.25) is 0 Å². The fourth-order valence-corrected chi connectivity index (χ4v) is 7.00. The second-order valence-electron chi connectivity index (χ2n) is 8.88. The number of rotatable bonds is 1. The van der Waals surface area contributed by atoms with Gasteiger partial charge in [-0.05, 0) is 62.2 Å². The number of hydrogen-bond acceptors (Lipinski definition) is 3. The first-order valence-corrected chi connectivity index (χ1v) is 9.52. The smallest absolute Gasteiger partial charge is 0.161 e. The third-order valence-corrected chi connectivity index (χ3v) is 8.12. The zero-order chi connectivity index (χ0) is 16.4. The van der Waals surface area contributed by atoms with Crippen LogP contribution in [0, 0.1) is 34.5 Å².